The van der Waals surface area contributed by atoms with Gasteiger partial charge in [0.2, 0.25) is 0 Å². The number of benzene rings is 3. The first kappa shape index (κ1) is 21.9. The van der Waals surface area contributed by atoms with E-state index in [0.717, 1.165) is 24.0 Å². The van der Waals surface area contributed by atoms with Crippen LogP contribution in [-0.4, -0.2) is 20.9 Å². The Balaban J connectivity index is 1.56. The summed E-state index contributed by atoms with van der Waals surface area (Å²) in [6, 6.07) is 20.6. The lowest BCUT2D eigenvalue weighted by atomic mass is 10.1. The Morgan fingerprint density at radius 1 is 0.967 bits per heavy atom. The van der Waals surface area contributed by atoms with E-state index in [1.807, 2.05) is 31.2 Å². The Morgan fingerprint density at radius 3 is 2.37 bits per heavy atom. The van der Waals surface area contributed by atoms with Crippen LogP contribution < -0.4 is 10.0 Å². The van der Waals surface area contributed by atoms with Gasteiger partial charge in [0, 0.05) is 22.8 Å². The van der Waals surface area contributed by atoms with Crippen LogP contribution in [0.3, 0.4) is 0 Å². The van der Waals surface area contributed by atoms with E-state index in [2.05, 4.69) is 10.0 Å². The fourth-order valence-corrected chi connectivity index (χ4v) is 4.08. The number of hydrogen-bond acceptors (Lipinski definition) is 3. The molecule has 0 radical (unpaired) electrons. The number of nitrogens with one attached hydrogen (secondary N) is 2. The van der Waals surface area contributed by atoms with E-state index in [4.69, 9.17) is 11.6 Å². The maximum Gasteiger partial charge on any atom is 0.261 e. The largest absolute Gasteiger partial charge is 0.352 e. The molecule has 0 unspecified atom stereocenters. The highest BCUT2D eigenvalue weighted by Gasteiger charge is 2.15. The van der Waals surface area contributed by atoms with E-state index in [1.54, 1.807) is 42.5 Å². The Kier molecular flexibility index (Phi) is 7.13. The zero-order valence-electron chi connectivity index (χ0n) is 16.6. The molecule has 0 saturated carbocycles. The third kappa shape index (κ3) is 6.08. The quantitative estimate of drug-likeness (QED) is 0.491. The van der Waals surface area contributed by atoms with Crippen LogP contribution in [0.5, 0.6) is 0 Å². The molecule has 3 aromatic carbocycles. The number of aryl methyl sites for hydroxylation is 2. The van der Waals surface area contributed by atoms with Gasteiger partial charge in [-0.05, 0) is 67.8 Å². The lowest BCUT2D eigenvalue weighted by Gasteiger charge is -2.10. The second-order valence-electron chi connectivity index (χ2n) is 6.99. The molecule has 5 nitrogen and oxygen atoms in total. The molecule has 3 rings (SSSR count). The van der Waals surface area contributed by atoms with Crippen LogP contribution in [0.15, 0.2) is 77.7 Å². The molecular formula is C23H23ClN2O3S. The molecule has 0 heterocycles. The predicted octanol–water partition coefficient (Wildman–Crippen LogP) is 4.81. The van der Waals surface area contributed by atoms with Crippen molar-refractivity contribution in [3.05, 3.63) is 94.5 Å². The summed E-state index contributed by atoms with van der Waals surface area (Å²) in [6.45, 7) is 2.40. The standard InChI is InChI=1S/C23H23ClN2O3S/c1-17-7-13-22(14-8-17)30(28,29)26-21-6-2-5-19(16-21)23(27)25-15-3-4-18-9-11-20(24)12-10-18/h2,5-14,16,26H,3-4,15H2,1H3,(H,25,27). The zero-order valence-corrected chi connectivity index (χ0v) is 18.1. The van der Waals surface area contributed by atoms with Crippen molar-refractivity contribution in [1.29, 1.82) is 0 Å². The normalized spacial score (nSPS) is 11.1. The second-order valence-corrected chi connectivity index (χ2v) is 9.10. The number of amides is 1. The molecule has 2 N–H and O–H groups in total. The minimum absolute atomic E-state index is 0.171. The first-order chi connectivity index (χ1) is 14.3. The fraction of sp³-hybridized carbons (Fsp3) is 0.174. The van der Waals surface area contributed by atoms with Gasteiger partial charge < -0.3 is 5.32 Å². The van der Waals surface area contributed by atoms with Gasteiger partial charge in [0.05, 0.1) is 4.90 Å². The van der Waals surface area contributed by atoms with Crippen LogP contribution in [0.25, 0.3) is 0 Å². The third-order valence-corrected chi connectivity index (χ3v) is 6.20. The Hall–Kier alpha value is -2.83. The molecular weight excluding hydrogens is 420 g/mol. The highest BCUT2D eigenvalue weighted by Crippen LogP contribution is 2.18. The van der Waals surface area contributed by atoms with Gasteiger partial charge in [0.25, 0.3) is 15.9 Å². The maximum absolute atomic E-state index is 12.5. The van der Waals surface area contributed by atoms with Crippen LogP contribution in [0.2, 0.25) is 5.02 Å². The van der Waals surface area contributed by atoms with Crippen molar-refractivity contribution in [2.24, 2.45) is 0 Å². The van der Waals surface area contributed by atoms with Crippen molar-refractivity contribution in [2.45, 2.75) is 24.7 Å². The highest BCUT2D eigenvalue weighted by molar-refractivity contribution is 7.92. The van der Waals surface area contributed by atoms with Gasteiger partial charge in [0.1, 0.15) is 0 Å². The van der Waals surface area contributed by atoms with Gasteiger partial charge in [-0.1, -0.05) is 47.5 Å². The van der Waals surface area contributed by atoms with Crippen molar-refractivity contribution in [3.8, 4) is 0 Å². The molecule has 0 spiro atoms. The van der Waals surface area contributed by atoms with Crippen LogP contribution in [0, 0.1) is 6.92 Å². The molecule has 0 aliphatic heterocycles. The Labute approximate surface area is 182 Å². The predicted molar refractivity (Wildman–Crippen MR) is 121 cm³/mol. The van der Waals surface area contributed by atoms with Gasteiger partial charge in [-0.25, -0.2) is 8.42 Å². The van der Waals surface area contributed by atoms with Crippen LogP contribution in [0.4, 0.5) is 5.69 Å². The van der Waals surface area contributed by atoms with E-state index >= 15 is 0 Å². The van der Waals surface area contributed by atoms with Crippen molar-refractivity contribution in [1.82, 2.24) is 5.32 Å². The molecule has 0 atom stereocenters. The Morgan fingerprint density at radius 2 is 1.67 bits per heavy atom. The topological polar surface area (TPSA) is 75.3 Å². The van der Waals surface area contributed by atoms with E-state index in [1.165, 1.54) is 6.07 Å². The SMILES string of the molecule is Cc1ccc(S(=O)(=O)Nc2cccc(C(=O)NCCCc3ccc(Cl)cc3)c2)cc1. The van der Waals surface area contributed by atoms with Crippen LogP contribution >= 0.6 is 11.6 Å². The summed E-state index contributed by atoms with van der Waals surface area (Å²) in [6.07, 6.45) is 1.61. The summed E-state index contributed by atoms with van der Waals surface area (Å²) in [4.78, 5) is 12.6. The van der Waals surface area contributed by atoms with Crippen molar-refractivity contribution in [2.75, 3.05) is 11.3 Å². The summed E-state index contributed by atoms with van der Waals surface area (Å²) in [7, 11) is -3.72. The fourth-order valence-electron chi connectivity index (χ4n) is 2.90. The molecule has 0 aliphatic rings. The van der Waals surface area contributed by atoms with Crippen molar-refractivity contribution < 1.29 is 13.2 Å². The average molecular weight is 443 g/mol. The summed E-state index contributed by atoms with van der Waals surface area (Å²) < 4.78 is 27.6. The summed E-state index contributed by atoms with van der Waals surface area (Å²) in [5.74, 6) is -0.248. The van der Waals surface area contributed by atoms with Gasteiger partial charge in [-0.15, -0.1) is 0 Å². The molecule has 0 fully saturated rings. The van der Waals surface area contributed by atoms with Crippen molar-refractivity contribution >= 4 is 33.2 Å². The van der Waals surface area contributed by atoms with Crippen molar-refractivity contribution in [3.63, 3.8) is 0 Å². The maximum atomic E-state index is 12.5. The summed E-state index contributed by atoms with van der Waals surface area (Å²) in [5.41, 5.74) is 2.86. The van der Waals surface area contributed by atoms with Crippen LogP contribution in [0.1, 0.15) is 27.9 Å². The highest BCUT2D eigenvalue weighted by atomic mass is 35.5. The molecule has 156 valence electrons. The number of rotatable bonds is 8. The van der Waals surface area contributed by atoms with Gasteiger partial charge in [-0.3, -0.25) is 9.52 Å². The lowest BCUT2D eigenvalue weighted by Crippen LogP contribution is -2.25. The molecule has 0 aliphatic carbocycles. The second kappa shape index (κ2) is 9.78. The molecule has 7 heteroatoms. The zero-order chi connectivity index (χ0) is 21.6. The van der Waals surface area contributed by atoms with Crippen LogP contribution in [-0.2, 0) is 16.4 Å². The average Bonchev–Trinajstić information content (AvgIpc) is 2.72. The number of halogens is 1. The minimum Gasteiger partial charge on any atom is -0.352 e. The Bertz CT molecular complexity index is 1110. The summed E-state index contributed by atoms with van der Waals surface area (Å²) in [5, 5.41) is 3.57. The number of carbonyl (C=O) groups is 1. The van der Waals surface area contributed by atoms with Gasteiger partial charge >= 0.3 is 0 Å². The lowest BCUT2D eigenvalue weighted by molar-refractivity contribution is 0.0953. The molecule has 3 aromatic rings. The summed E-state index contributed by atoms with van der Waals surface area (Å²) >= 11 is 5.88. The number of hydrogen-bond donors (Lipinski definition) is 2. The molecule has 0 saturated heterocycles. The third-order valence-electron chi connectivity index (χ3n) is 4.55. The van der Waals surface area contributed by atoms with Gasteiger partial charge in [0.15, 0.2) is 0 Å². The monoisotopic (exact) mass is 442 g/mol. The number of carbonyl (C=O) groups excluding carboxylic acids is 1. The van der Waals surface area contributed by atoms with Gasteiger partial charge in [-0.2, -0.15) is 0 Å². The molecule has 30 heavy (non-hydrogen) atoms. The number of anilines is 1. The first-order valence-corrected chi connectivity index (χ1v) is 11.4. The molecule has 1 amide bonds. The smallest absolute Gasteiger partial charge is 0.261 e. The van der Waals surface area contributed by atoms with E-state index in [-0.39, 0.29) is 10.8 Å². The number of sulfonamides is 1. The molecule has 0 aromatic heterocycles. The van der Waals surface area contributed by atoms with E-state index in [9.17, 15) is 13.2 Å². The molecule has 0 bridgehead atoms. The minimum atomic E-state index is -3.72. The van der Waals surface area contributed by atoms with E-state index < -0.39 is 10.0 Å². The van der Waals surface area contributed by atoms with E-state index in [0.29, 0.717) is 22.8 Å². The first-order valence-electron chi connectivity index (χ1n) is 9.56.